The van der Waals surface area contributed by atoms with E-state index in [2.05, 4.69) is 17.6 Å². The Morgan fingerprint density at radius 2 is 1.93 bits per heavy atom. The monoisotopic (exact) mass is 205 g/mol. The summed E-state index contributed by atoms with van der Waals surface area (Å²) >= 11 is 0. The molecule has 0 amide bonds. The third-order valence-corrected chi connectivity index (χ3v) is 2.14. The van der Waals surface area contributed by atoms with Crippen molar-refractivity contribution in [3.05, 3.63) is 35.9 Å². The number of nitrogens with one attached hydrogen (secondary N) is 3. The molecule has 0 heterocycles. The van der Waals surface area contributed by atoms with Gasteiger partial charge in [0.1, 0.15) is 0 Å². The van der Waals surface area contributed by atoms with Crippen LogP contribution < -0.4 is 10.6 Å². The van der Waals surface area contributed by atoms with Gasteiger partial charge in [-0.15, -0.1) is 0 Å². The Kier molecular flexibility index (Phi) is 5.30. The van der Waals surface area contributed by atoms with Gasteiger partial charge in [-0.2, -0.15) is 0 Å². The van der Waals surface area contributed by atoms with Crippen molar-refractivity contribution in [1.82, 2.24) is 10.6 Å². The Labute approximate surface area is 91.4 Å². The van der Waals surface area contributed by atoms with Crippen molar-refractivity contribution in [2.24, 2.45) is 0 Å². The number of rotatable bonds is 5. The molecule has 3 heteroatoms. The fraction of sp³-hybridized carbons (Fsp3) is 0.417. The summed E-state index contributed by atoms with van der Waals surface area (Å²) in [5.41, 5.74) is 1.19. The highest BCUT2D eigenvalue weighted by Gasteiger charge is 1.94. The Morgan fingerprint density at radius 3 is 2.60 bits per heavy atom. The lowest BCUT2D eigenvalue weighted by atomic mass is 10.2. The van der Waals surface area contributed by atoms with Gasteiger partial charge in [0.15, 0.2) is 5.96 Å². The van der Waals surface area contributed by atoms with Gasteiger partial charge in [-0.25, -0.2) is 0 Å². The molecule has 0 atom stereocenters. The number of benzene rings is 1. The molecule has 3 nitrogen and oxygen atoms in total. The molecule has 0 saturated carbocycles. The summed E-state index contributed by atoms with van der Waals surface area (Å²) < 4.78 is 0. The Bertz CT molecular complexity index is 282. The van der Waals surface area contributed by atoms with Gasteiger partial charge in [0, 0.05) is 13.1 Å². The molecule has 0 aliphatic heterocycles. The molecule has 0 aromatic heterocycles. The maximum Gasteiger partial charge on any atom is 0.188 e. The molecule has 0 aliphatic rings. The highest BCUT2D eigenvalue weighted by molar-refractivity contribution is 5.76. The lowest BCUT2D eigenvalue weighted by Crippen LogP contribution is -2.36. The van der Waals surface area contributed by atoms with E-state index >= 15 is 0 Å². The predicted molar refractivity (Wildman–Crippen MR) is 63.9 cm³/mol. The average molecular weight is 205 g/mol. The first kappa shape index (κ1) is 11.6. The second kappa shape index (κ2) is 6.87. The van der Waals surface area contributed by atoms with E-state index < -0.39 is 0 Å². The molecular formula is C12H19N3. The summed E-state index contributed by atoms with van der Waals surface area (Å²) in [4.78, 5) is 0. The summed E-state index contributed by atoms with van der Waals surface area (Å²) in [6.07, 6.45) is 2.26. The van der Waals surface area contributed by atoms with Gasteiger partial charge in [0.25, 0.3) is 0 Å². The fourth-order valence-corrected chi connectivity index (χ4v) is 1.24. The zero-order valence-corrected chi connectivity index (χ0v) is 9.22. The van der Waals surface area contributed by atoms with Gasteiger partial charge in [-0.1, -0.05) is 43.7 Å². The topological polar surface area (TPSA) is 47.9 Å². The van der Waals surface area contributed by atoms with Crippen LogP contribution in [0.3, 0.4) is 0 Å². The number of hydrogen-bond donors (Lipinski definition) is 3. The summed E-state index contributed by atoms with van der Waals surface area (Å²) in [5.74, 6) is 0.410. The second-order valence-corrected chi connectivity index (χ2v) is 3.49. The van der Waals surface area contributed by atoms with Gasteiger partial charge in [-0.05, 0) is 12.0 Å². The quantitative estimate of drug-likeness (QED) is 0.391. The molecule has 1 aromatic carbocycles. The van der Waals surface area contributed by atoms with Crippen LogP contribution in [0.4, 0.5) is 0 Å². The zero-order valence-electron chi connectivity index (χ0n) is 9.22. The summed E-state index contributed by atoms with van der Waals surface area (Å²) in [5, 5.41) is 13.7. The molecule has 0 aliphatic carbocycles. The van der Waals surface area contributed by atoms with Crippen molar-refractivity contribution in [3.8, 4) is 0 Å². The summed E-state index contributed by atoms with van der Waals surface area (Å²) in [6, 6.07) is 10.1. The van der Waals surface area contributed by atoms with Crippen molar-refractivity contribution >= 4 is 5.96 Å². The molecule has 82 valence electrons. The smallest absolute Gasteiger partial charge is 0.188 e. The van der Waals surface area contributed by atoms with Crippen LogP contribution in [-0.2, 0) is 6.54 Å². The van der Waals surface area contributed by atoms with Gasteiger partial charge < -0.3 is 10.6 Å². The van der Waals surface area contributed by atoms with Crippen LogP contribution in [0.25, 0.3) is 0 Å². The molecule has 1 rings (SSSR count). The first-order valence-electron chi connectivity index (χ1n) is 5.43. The number of guanidine groups is 1. The average Bonchev–Trinajstić information content (AvgIpc) is 2.28. The largest absolute Gasteiger partial charge is 0.357 e. The molecule has 15 heavy (non-hydrogen) atoms. The highest BCUT2D eigenvalue weighted by Crippen LogP contribution is 1.96. The van der Waals surface area contributed by atoms with Crippen molar-refractivity contribution < 1.29 is 0 Å². The van der Waals surface area contributed by atoms with Gasteiger partial charge in [0.05, 0.1) is 0 Å². The maximum absolute atomic E-state index is 7.59. The molecule has 3 N–H and O–H groups in total. The summed E-state index contributed by atoms with van der Waals surface area (Å²) in [6.45, 7) is 3.72. The predicted octanol–water partition coefficient (Wildman–Crippen LogP) is 2.10. The van der Waals surface area contributed by atoms with Crippen LogP contribution in [0, 0.1) is 5.41 Å². The van der Waals surface area contributed by atoms with Crippen LogP contribution in [0.2, 0.25) is 0 Å². The van der Waals surface area contributed by atoms with E-state index in [1.807, 2.05) is 30.3 Å². The SMILES string of the molecule is CCCCNC(=N)NCc1ccccc1. The highest BCUT2D eigenvalue weighted by atomic mass is 15.1. The standard InChI is InChI=1S/C12H19N3/c1-2-3-9-14-12(13)15-10-11-7-5-4-6-8-11/h4-8H,2-3,9-10H2,1H3,(H3,13,14,15). The van der Waals surface area contributed by atoms with Crippen LogP contribution in [-0.4, -0.2) is 12.5 Å². The molecule has 0 spiro atoms. The van der Waals surface area contributed by atoms with Crippen LogP contribution in [0.1, 0.15) is 25.3 Å². The first-order chi connectivity index (χ1) is 7.33. The summed E-state index contributed by atoms with van der Waals surface area (Å²) in [7, 11) is 0. The zero-order chi connectivity index (χ0) is 10.9. The minimum Gasteiger partial charge on any atom is -0.357 e. The molecular weight excluding hydrogens is 186 g/mol. The number of unbranched alkanes of at least 4 members (excludes halogenated alkanes) is 1. The van der Waals surface area contributed by atoms with E-state index in [0.717, 1.165) is 19.4 Å². The van der Waals surface area contributed by atoms with E-state index in [1.54, 1.807) is 0 Å². The Morgan fingerprint density at radius 1 is 1.20 bits per heavy atom. The van der Waals surface area contributed by atoms with E-state index in [4.69, 9.17) is 5.41 Å². The fourth-order valence-electron chi connectivity index (χ4n) is 1.24. The Balaban J connectivity index is 2.17. The molecule has 0 saturated heterocycles. The van der Waals surface area contributed by atoms with Crippen molar-refractivity contribution in [2.45, 2.75) is 26.3 Å². The second-order valence-electron chi connectivity index (χ2n) is 3.49. The number of hydrogen-bond acceptors (Lipinski definition) is 1. The molecule has 1 aromatic rings. The molecule has 0 radical (unpaired) electrons. The van der Waals surface area contributed by atoms with Gasteiger partial charge in [0.2, 0.25) is 0 Å². The third-order valence-electron chi connectivity index (χ3n) is 2.14. The third kappa shape index (κ3) is 5.05. The van der Waals surface area contributed by atoms with Crippen LogP contribution >= 0.6 is 0 Å². The van der Waals surface area contributed by atoms with E-state index in [0.29, 0.717) is 12.5 Å². The minimum absolute atomic E-state index is 0.410. The lowest BCUT2D eigenvalue weighted by molar-refractivity contribution is 0.726. The first-order valence-corrected chi connectivity index (χ1v) is 5.43. The van der Waals surface area contributed by atoms with Gasteiger partial charge in [-0.3, -0.25) is 5.41 Å². The van der Waals surface area contributed by atoms with E-state index in [9.17, 15) is 0 Å². The lowest BCUT2D eigenvalue weighted by Gasteiger charge is -2.09. The molecule has 0 bridgehead atoms. The van der Waals surface area contributed by atoms with E-state index in [-0.39, 0.29) is 0 Å². The maximum atomic E-state index is 7.59. The van der Waals surface area contributed by atoms with Crippen molar-refractivity contribution in [3.63, 3.8) is 0 Å². The van der Waals surface area contributed by atoms with E-state index in [1.165, 1.54) is 5.56 Å². The van der Waals surface area contributed by atoms with Crippen LogP contribution in [0.15, 0.2) is 30.3 Å². The molecule has 0 fully saturated rings. The van der Waals surface area contributed by atoms with Crippen molar-refractivity contribution in [2.75, 3.05) is 6.54 Å². The van der Waals surface area contributed by atoms with Crippen molar-refractivity contribution in [1.29, 1.82) is 5.41 Å². The minimum atomic E-state index is 0.410. The van der Waals surface area contributed by atoms with Crippen LogP contribution in [0.5, 0.6) is 0 Å². The Hall–Kier alpha value is -1.51. The van der Waals surface area contributed by atoms with Gasteiger partial charge >= 0.3 is 0 Å². The molecule has 0 unspecified atom stereocenters. The normalized spacial score (nSPS) is 9.67.